The van der Waals surface area contributed by atoms with Crippen LogP contribution >= 0.6 is 0 Å². The number of likely N-dealkylation sites (N-methyl/N-ethyl adjacent to an activating group) is 1. The van der Waals surface area contributed by atoms with E-state index >= 15 is 0 Å². The molecule has 1 saturated heterocycles. The highest BCUT2D eigenvalue weighted by atomic mass is 16.5. The second-order valence-corrected chi connectivity index (χ2v) is 6.67. The van der Waals surface area contributed by atoms with Crippen molar-refractivity contribution in [1.29, 1.82) is 5.26 Å². The molecular formula is C18H25N3O. The predicted octanol–water partition coefficient (Wildman–Crippen LogP) is 2.44. The van der Waals surface area contributed by atoms with Gasteiger partial charge in [-0.25, -0.2) is 0 Å². The summed E-state index contributed by atoms with van der Waals surface area (Å²) in [4.78, 5) is 4.70. The average molecular weight is 299 g/mol. The lowest BCUT2D eigenvalue weighted by molar-refractivity contribution is 0.0666. The Hall–Kier alpha value is -1.57. The Morgan fingerprint density at radius 3 is 2.59 bits per heavy atom. The summed E-state index contributed by atoms with van der Waals surface area (Å²) in [5, 5.41) is 10.2. The number of ether oxygens (including phenoxy) is 1. The van der Waals surface area contributed by atoms with Gasteiger partial charge in [-0.1, -0.05) is 11.6 Å². The van der Waals surface area contributed by atoms with Crippen molar-refractivity contribution in [3.8, 4) is 11.8 Å². The molecule has 0 radical (unpaired) electrons. The first kappa shape index (κ1) is 15.3. The Morgan fingerprint density at radius 1 is 1.18 bits per heavy atom. The number of benzene rings is 1. The van der Waals surface area contributed by atoms with E-state index in [0.29, 0.717) is 6.61 Å². The van der Waals surface area contributed by atoms with E-state index < -0.39 is 5.54 Å². The monoisotopic (exact) mass is 299 g/mol. The van der Waals surface area contributed by atoms with Crippen molar-refractivity contribution in [3.63, 3.8) is 0 Å². The second-order valence-electron chi connectivity index (χ2n) is 6.67. The van der Waals surface area contributed by atoms with Crippen LogP contribution in [0.4, 0.5) is 0 Å². The first-order valence-electron chi connectivity index (χ1n) is 8.16. The van der Waals surface area contributed by atoms with Gasteiger partial charge in [-0.2, -0.15) is 5.26 Å². The van der Waals surface area contributed by atoms with Crippen LogP contribution in [-0.4, -0.2) is 49.6 Å². The third-order valence-corrected chi connectivity index (χ3v) is 5.02. The lowest BCUT2D eigenvalue weighted by Gasteiger charge is -2.43. The van der Waals surface area contributed by atoms with Crippen LogP contribution in [0.3, 0.4) is 0 Å². The van der Waals surface area contributed by atoms with Crippen LogP contribution in [0.1, 0.15) is 29.5 Å². The van der Waals surface area contributed by atoms with Crippen LogP contribution < -0.4 is 4.74 Å². The van der Waals surface area contributed by atoms with Gasteiger partial charge >= 0.3 is 0 Å². The smallest absolute Gasteiger partial charge is 0.138 e. The standard InChI is InChI=1S/C18H25N3O/c1-14-11-15(2)17-16(12-14)18(13-19,5-4-10-22-17)21-8-6-20(3)7-9-21/h11-12H,4-10H2,1-3H3. The Bertz CT molecular complexity index is 599. The number of nitrogens with zero attached hydrogens (tertiary/aromatic N) is 3. The fraction of sp³-hybridized carbons (Fsp3) is 0.611. The summed E-state index contributed by atoms with van der Waals surface area (Å²) < 4.78 is 6.02. The van der Waals surface area contributed by atoms with E-state index in [0.717, 1.165) is 55.9 Å². The highest BCUT2D eigenvalue weighted by Gasteiger charge is 2.43. The number of hydrogen-bond donors (Lipinski definition) is 0. The van der Waals surface area contributed by atoms with Gasteiger partial charge in [0.2, 0.25) is 0 Å². The third kappa shape index (κ3) is 2.49. The van der Waals surface area contributed by atoms with Crippen LogP contribution in [0, 0.1) is 25.2 Å². The van der Waals surface area contributed by atoms with Crippen molar-refractivity contribution in [3.05, 3.63) is 28.8 Å². The molecule has 1 unspecified atom stereocenters. The van der Waals surface area contributed by atoms with Crippen molar-refractivity contribution in [2.75, 3.05) is 39.8 Å². The number of piperazine rings is 1. The Morgan fingerprint density at radius 2 is 1.91 bits per heavy atom. The van der Waals surface area contributed by atoms with Crippen LogP contribution in [0.15, 0.2) is 12.1 Å². The van der Waals surface area contributed by atoms with Gasteiger partial charge in [0.25, 0.3) is 0 Å². The zero-order valence-corrected chi connectivity index (χ0v) is 13.9. The van der Waals surface area contributed by atoms with Crippen molar-refractivity contribution < 1.29 is 4.74 Å². The molecule has 2 heterocycles. The molecular weight excluding hydrogens is 274 g/mol. The van der Waals surface area contributed by atoms with Gasteiger partial charge in [0.1, 0.15) is 11.3 Å². The number of fused-ring (bicyclic) bond motifs is 1. The maximum Gasteiger partial charge on any atom is 0.138 e. The predicted molar refractivity (Wildman–Crippen MR) is 87.0 cm³/mol. The molecule has 1 aromatic carbocycles. The molecule has 4 nitrogen and oxygen atoms in total. The molecule has 0 bridgehead atoms. The minimum atomic E-state index is -0.538. The molecule has 1 aromatic rings. The minimum absolute atomic E-state index is 0.538. The zero-order valence-electron chi connectivity index (χ0n) is 13.9. The molecule has 0 N–H and O–H groups in total. The van der Waals surface area contributed by atoms with E-state index in [4.69, 9.17) is 4.74 Å². The van der Waals surface area contributed by atoms with Gasteiger partial charge in [-0.05, 0) is 45.4 Å². The summed E-state index contributed by atoms with van der Waals surface area (Å²) in [5.41, 5.74) is 2.89. The molecule has 0 spiro atoms. The lowest BCUT2D eigenvalue weighted by atomic mass is 9.82. The SMILES string of the molecule is Cc1cc(C)c2c(c1)C(C#N)(N1CCN(C)CC1)CCCO2. The summed E-state index contributed by atoms with van der Waals surface area (Å²) in [6.45, 7) is 8.81. The molecule has 22 heavy (non-hydrogen) atoms. The molecule has 0 saturated carbocycles. The molecule has 0 amide bonds. The molecule has 4 heteroatoms. The molecule has 2 aliphatic rings. The van der Waals surface area contributed by atoms with E-state index in [1.165, 1.54) is 5.56 Å². The first-order valence-corrected chi connectivity index (χ1v) is 8.16. The fourth-order valence-corrected chi connectivity index (χ4v) is 3.79. The van der Waals surface area contributed by atoms with E-state index in [-0.39, 0.29) is 0 Å². The van der Waals surface area contributed by atoms with E-state index in [1.807, 2.05) is 0 Å². The maximum atomic E-state index is 10.2. The summed E-state index contributed by atoms with van der Waals surface area (Å²) in [6.07, 6.45) is 1.77. The van der Waals surface area contributed by atoms with Crippen LogP contribution in [-0.2, 0) is 5.54 Å². The quantitative estimate of drug-likeness (QED) is 0.798. The van der Waals surface area contributed by atoms with Gasteiger partial charge in [-0.15, -0.1) is 0 Å². The maximum absolute atomic E-state index is 10.2. The normalized spacial score (nSPS) is 26.6. The van der Waals surface area contributed by atoms with Gasteiger partial charge < -0.3 is 9.64 Å². The topological polar surface area (TPSA) is 39.5 Å². The summed E-state index contributed by atoms with van der Waals surface area (Å²) in [7, 11) is 2.15. The summed E-state index contributed by atoms with van der Waals surface area (Å²) >= 11 is 0. The molecule has 1 fully saturated rings. The van der Waals surface area contributed by atoms with Gasteiger partial charge in [0.15, 0.2) is 0 Å². The van der Waals surface area contributed by atoms with Crippen molar-refractivity contribution in [2.24, 2.45) is 0 Å². The van der Waals surface area contributed by atoms with E-state index in [9.17, 15) is 5.26 Å². The van der Waals surface area contributed by atoms with Crippen LogP contribution in [0.25, 0.3) is 0 Å². The van der Waals surface area contributed by atoms with E-state index in [1.54, 1.807) is 0 Å². The van der Waals surface area contributed by atoms with Crippen molar-refractivity contribution in [2.45, 2.75) is 32.2 Å². The number of hydrogen-bond acceptors (Lipinski definition) is 4. The Kier molecular flexibility index (Phi) is 4.12. The molecule has 2 aliphatic heterocycles. The molecule has 3 rings (SSSR count). The summed E-state index contributed by atoms with van der Waals surface area (Å²) in [5.74, 6) is 0.934. The molecule has 0 aromatic heterocycles. The van der Waals surface area contributed by atoms with E-state index in [2.05, 4.69) is 48.9 Å². The molecule has 1 atom stereocenters. The van der Waals surface area contributed by atoms with Gasteiger partial charge in [-0.3, -0.25) is 4.90 Å². The van der Waals surface area contributed by atoms with Crippen LogP contribution in [0.2, 0.25) is 0 Å². The Balaban J connectivity index is 2.10. The largest absolute Gasteiger partial charge is 0.493 e. The van der Waals surface area contributed by atoms with Gasteiger partial charge in [0.05, 0.1) is 12.7 Å². The second kappa shape index (κ2) is 5.91. The fourth-order valence-electron chi connectivity index (χ4n) is 3.79. The minimum Gasteiger partial charge on any atom is -0.493 e. The summed E-state index contributed by atoms with van der Waals surface area (Å²) in [6, 6.07) is 6.99. The molecule has 118 valence electrons. The number of rotatable bonds is 1. The highest BCUT2D eigenvalue weighted by Crippen LogP contribution is 2.43. The number of nitriles is 1. The van der Waals surface area contributed by atoms with Crippen molar-refractivity contribution >= 4 is 0 Å². The highest BCUT2D eigenvalue weighted by molar-refractivity contribution is 5.51. The first-order chi connectivity index (χ1) is 10.6. The average Bonchev–Trinajstić information content (AvgIpc) is 2.68. The number of aryl methyl sites for hydroxylation is 2. The van der Waals surface area contributed by atoms with Crippen LogP contribution in [0.5, 0.6) is 5.75 Å². The van der Waals surface area contributed by atoms with Gasteiger partial charge in [0, 0.05) is 31.7 Å². The van der Waals surface area contributed by atoms with Crippen molar-refractivity contribution in [1.82, 2.24) is 9.80 Å². The third-order valence-electron chi connectivity index (χ3n) is 5.02. The Labute approximate surface area is 133 Å². The lowest BCUT2D eigenvalue weighted by Crippen LogP contribution is -2.54. The zero-order chi connectivity index (χ0) is 15.7. The molecule has 0 aliphatic carbocycles.